The van der Waals surface area contributed by atoms with E-state index < -0.39 is 24.0 Å². The summed E-state index contributed by atoms with van der Waals surface area (Å²) in [7, 11) is 0. The highest BCUT2D eigenvalue weighted by molar-refractivity contribution is 6.30. The third kappa shape index (κ3) is 5.69. The number of rotatable bonds is 5. The van der Waals surface area contributed by atoms with Crippen LogP contribution in [-0.4, -0.2) is 48.6 Å². The van der Waals surface area contributed by atoms with Crippen molar-refractivity contribution < 1.29 is 23.8 Å². The molecule has 0 radical (unpaired) electrons. The highest BCUT2D eigenvalue weighted by Crippen LogP contribution is 2.29. The van der Waals surface area contributed by atoms with Crippen LogP contribution in [0.5, 0.6) is 5.75 Å². The van der Waals surface area contributed by atoms with E-state index in [0.717, 1.165) is 0 Å². The van der Waals surface area contributed by atoms with Crippen LogP contribution in [0.3, 0.4) is 0 Å². The number of halogens is 1. The molecule has 2 atom stereocenters. The molecule has 1 N–H and O–H groups in total. The van der Waals surface area contributed by atoms with E-state index in [9.17, 15) is 9.59 Å². The summed E-state index contributed by atoms with van der Waals surface area (Å²) in [4.78, 5) is 25.4. The fourth-order valence-electron chi connectivity index (χ4n) is 2.45. The van der Waals surface area contributed by atoms with Crippen LogP contribution in [-0.2, 0) is 9.47 Å². The van der Waals surface area contributed by atoms with Crippen LogP contribution in [0.1, 0.15) is 27.7 Å². The van der Waals surface area contributed by atoms with Gasteiger partial charge in [-0.25, -0.2) is 9.59 Å². The number of carbonyl (C=O) groups excluding carboxylic acids is 2. The number of hydrogen-bond acceptors (Lipinski definition) is 5. The second-order valence-corrected chi connectivity index (χ2v) is 7.39. The smallest absolute Gasteiger partial charge is 0.412 e. The standard InChI is InChI=1S/C18H25ClN2O5/c1-5-24-17(23)21-11-12(10-20-16(22)26-18(2,3)4)15(21)25-14-8-6-13(19)7-9-14/h6-9,12,15H,5,10-11H2,1-4H3,(H,20,22). The van der Waals surface area contributed by atoms with Crippen LogP contribution in [0.15, 0.2) is 24.3 Å². The highest BCUT2D eigenvalue weighted by Gasteiger charge is 2.45. The van der Waals surface area contributed by atoms with Crippen molar-refractivity contribution in [2.75, 3.05) is 19.7 Å². The van der Waals surface area contributed by atoms with Crippen molar-refractivity contribution in [3.05, 3.63) is 29.3 Å². The first kappa shape index (κ1) is 20.2. The molecular formula is C18H25ClN2O5. The molecule has 0 aromatic heterocycles. The first-order valence-electron chi connectivity index (χ1n) is 8.52. The second kappa shape index (κ2) is 8.49. The predicted octanol–water partition coefficient (Wildman–Crippen LogP) is 3.66. The maximum atomic E-state index is 12.0. The van der Waals surface area contributed by atoms with Crippen LogP contribution in [0.25, 0.3) is 0 Å². The third-order valence-electron chi connectivity index (χ3n) is 3.62. The molecule has 1 saturated heterocycles. The number of nitrogens with one attached hydrogen (secondary N) is 1. The summed E-state index contributed by atoms with van der Waals surface area (Å²) in [5.74, 6) is 0.498. The van der Waals surface area contributed by atoms with Gasteiger partial charge >= 0.3 is 12.2 Å². The van der Waals surface area contributed by atoms with Gasteiger partial charge in [-0.15, -0.1) is 0 Å². The average Bonchev–Trinajstić information content (AvgIpc) is 2.51. The minimum atomic E-state index is -0.570. The quantitative estimate of drug-likeness (QED) is 0.838. The van der Waals surface area contributed by atoms with Gasteiger partial charge in [-0.3, -0.25) is 4.90 Å². The zero-order valence-electron chi connectivity index (χ0n) is 15.5. The highest BCUT2D eigenvalue weighted by atomic mass is 35.5. The summed E-state index contributed by atoms with van der Waals surface area (Å²) in [6, 6.07) is 6.86. The summed E-state index contributed by atoms with van der Waals surface area (Å²) in [5.41, 5.74) is -0.570. The Labute approximate surface area is 158 Å². The number of ether oxygens (including phenoxy) is 3. The van der Waals surface area contributed by atoms with Gasteiger partial charge in [0.25, 0.3) is 0 Å². The molecule has 2 amide bonds. The molecule has 1 aliphatic heterocycles. The molecule has 1 aromatic carbocycles. The van der Waals surface area contributed by atoms with E-state index in [-0.39, 0.29) is 12.5 Å². The van der Waals surface area contributed by atoms with Gasteiger partial charge in [-0.05, 0) is 52.0 Å². The Hall–Kier alpha value is -2.15. The van der Waals surface area contributed by atoms with Gasteiger partial charge in [0.05, 0.1) is 12.5 Å². The molecule has 1 fully saturated rings. The van der Waals surface area contributed by atoms with Crippen LogP contribution < -0.4 is 10.1 Å². The van der Waals surface area contributed by atoms with Crippen LogP contribution >= 0.6 is 11.6 Å². The fourth-order valence-corrected chi connectivity index (χ4v) is 2.58. The van der Waals surface area contributed by atoms with Crippen molar-refractivity contribution in [3.63, 3.8) is 0 Å². The van der Waals surface area contributed by atoms with Gasteiger partial charge in [-0.1, -0.05) is 11.6 Å². The van der Waals surface area contributed by atoms with E-state index >= 15 is 0 Å². The Morgan fingerprint density at radius 1 is 1.27 bits per heavy atom. The van der Waals surface area contributed by atoms with E-state index in [1.165, 1.54) is 4.90 Å². The zero-order chi connectivity index (χ0) is 19.3. The Balaban J connectivity index is 1.97. The minimum Gasteiger partial charge on any atom is -0.470 e. The van der Waals surface area contributed by atoms with Crippen molar-refractivity contribution >= 4 is 23.8 Å². The summed E-state index contributed by atoms with van der Waals surface area (Å²) < 4.78 is 16.2. The molecule has 1 aromatic rings. The van der Waals surface area contributed by atoms with Crippen molar-refractivity contribution in [2.45, 2.75) is 39.5 Å². The van der Waals surface area contributed by atoms with E-state index in [2.05, 4.69) is 5.32 Å². The summed E-state index contributed by atoms with van der Waals surface area (Å²) >= 11 is 5.88. The fraction of sp³-hybridized carbons (Fsp3) is 0.556. The number of likely N-dealkylation sites (tertiary alicyclic amines) is 1. The molecule has 0 saturated carbocycles. The Morgan fingerprint density at radius 3 is 2.50 bits per heavy atom. The van der Waals surface area contributed by atoms with Gasteiger partial charge in [0, 0.05) is 18.1 Å². The number of alkyl carbamates (subject to hydrolysis) is 1. The van der Waals surface area contributed by atoms with E-state index in [0.29, 0.717) is 23.9 Å². The van der Waals surface area contributed by atoms with Crippen molar-refractivity contribution in [3.8, 4) is 5.75 Å². The minimum absolute atomic E-state index is 0.0809. The summed E-state index contributed by atoms with van der Waals surface area (Å²) in [5, 5.41) is 3.31. The molecule has 144 valence electrons. The lowest BCUT2D eigenvalue weighted by Crippen LogP contribution is -2.64. The summed E-state index contributed by atoms with van der Waals surface area (Å²) in [6.07, 6.45) is -1.48. The number of carbonyl (C=O) groups is 2. The maximum Gasteiger partial charge on any atom is 0.412 e. The molecule has 0 aliphatic carbocycles. The number of amides is 2. The lowest BCUT2D eigenvalue weighted by atomic mass is 9.97. The van der Waals surface area contributed by atoms with Crippen molar-refractivity contribution in [2.24, 2.45) is 5.92 Å². The van der Waals surface area contributed by atoms with E-state index in [1.807, 2.05) is 0 Å². The van der Waals surface area contributed by atoms with E-state index in [4.69, 9.17) is 25.8 Å². The van der Waals surface area contributed by atoms with Crippen LogP contribution in [0.4, 0.5) is 9.59 Å². The SMILES string of the molecule is CCOC(=O)N1CC(CNC(=O)OC(C)(C)C)C1Oc1ccc(Cl)cc1. The monoisotopic (exact) mass is 384 g/mol. The molecule has 1 heterocycles. The molecule has 2 unspecified atom stereocenters. The van der Waals surface area contributed by atoms with Gasteiger partial charge in [-0.2, -0.15) is 0 Å². The molecule has 7 nitrogen and oxygen atoms in total. The van der Waals surface area contributed by atoms with E-state index in [1.54, 1.807) is 52.0 Å². The predicted molar refractivity (Wildman–Crippen MR) is 97.3 cm³/mol. The molecule has 2 rings (SSSR count). The molecular weight excluding hydrogens is 360 g/mol. The number of benzene rings is 1. The third-order valence-corrected chi connectivity index (χ3v) is 3.87. The number of nitrogens with zero attached hydrogens (tertiary/aromatic N) is 1. The first-order valence-corrected chi connectivity index (χ1v) is 8.90. The van der Waals surface area contributed by atoms with Crippen LogP contribution in [0.2, 0.25) is 5.02 Å². The number of hydrogen-bond donors (Lipinski definition) is 1. The van der Waals surface area contributed by atoms with Gasteiger partial charge in [0.15, 0.2) is 6.23 Å². The molecule has 8 heteroatoms. The molecule has 0 spiro atoms. The zero-order valence-corrected chi connectivity index (χ0v) is 16.2. The molecule has 26 heavy (non-hydrogen) atoms. The van der Waals surface area contributed by atoms with Gasteiger partial charge in [0.2, 0.25) is 0 Å². The molecule has 0 bridgehead atoms. The Morgan fingerprint density at radius 2 is 1.92 bits per heavy atom. The normalized spacial score (nSPS) is 19.3. The largest absolute Gasteiger partial charge is 0.470 e. The Kier molecular flexibility index (Phi) is 6.58. The Bertz CT molecular complexity index is 629. The van der Waals surface area contributed by atoms with Crippen molar-refractivity contribution in [1.82, 2.24) is 10.2 Å². The maximum absolute atomic E-state index is 12.0. The lowest BCUT2D eigenvalue weighted by Gasteiger charge is -2.46. The molecule has 1 aliphatic rings. The topological polar surface area (TPSA) is 77.1 Å². The van der Waals surface area contributed by atoms with Crippen molar-refractivity contribution in [1.29, 1.82) is 0 Å². The summed E-state index contributed by atoms with van der Waals surface area (Å²) in [6.45, 7) is 8.16. The van der Waals surface area contributed by atoms with Gasteiger partial charge in [0.1, 0.15) is 11.4 Å². The van der Waals surface area contributed by atoms with Gasteiger partial charge < -0.3 is 19.5 Å². The first-order chi connectivity index (χ1) is 12.2. The average molecular weight is 385 g/mol. The lowest BCUT2D eigenvalue weighted by molar-refractivity contribution is -0.0946. The van der Waals surface area contributed by atoms with Crippen LogP contribution in [0, 0.1) is 5.92 Å². The second-order valence-electron chi connectivity index (χ2n) is 6.96.